The van der Waals surface area contributed by atoms with Gasteiger partial charge in [-0.25, -0.2) is 4.39 Å². The van der Waals surface area contributed by atoms with Crippen molar-refractivity contribution in [3.8, 4) is 0 Å². The molecule has 3 aromatic carbocycles. The van der Waals surface area contributed by atoms with Crippen molar-refractivity contribution in [2.24, 2.45) is 0 Å². The number of carbonyl (C=O) groups is 1. The second-order valence-electron chi connectivity index (χ2n) is 7.92. The van der Waals surface area contributed by atoms with Crippen molar-refractivity contribution < 1.29 is 18.5 Å². The van der Waals surface area contributed by atoms with Gasteiger partial charge in [-0.3, -0.25) is 9.00 Å². The van der Waals surface area contributed by atoms with Crippen LogP contribution in [0.15, 0.2) is 77.2 Å². The summed E-state index contributed by atoms with van der Waals surface area (Å²) in [6.07, 6.45) is 2.49. The van der Waals surface area contributed by atoms with E-state index >= 15 is 0 Å². The third-order valence-corrected chi connectivity index (χ3v) is 7.35. The highest BCUT2D eigenvalue weighted by atomic mass is 35.5. The number of hydrogen-bond acceptors (Lipinski definition) is 2. The number of benzene rings is 3. The molecule has 1 unspecified atom stereocenters. The first-order valence-corrected chi connectivity index (χ1v) is 12.2. The minimum Gasteiger partial charge on any atom is -0.481 e. The summed E-state index contributed by atoms with van der Waals surface area (Å²) in [6, 6.07) is 19.5. The number of hydrogen-bond donors (Lipinski definition) is 1. The van der Waals surface area contributed by atoms with Gasteiger partial charge >= 0.3 is 5.97 Å². The van der Waals surface area contributed by atoms with Crippen molar-refractivity contribution in [2.75, 3.05) is 5.75 Å². The molecule has 1 atom stereocenters. The Morgan fingerprint density at radius 3 is 2.39 bits per heavy atom. The first kappa shape index (κ1) is 23.1. The van der Waals surface area contributed by atoms with Crippen LogP contribution in [0.25, 0.3) is 17.2 Å². The van der Waals surface area contributed by atoms with E-state index in [1.54, 1.807) is 6.07 Å². The number of halogens is 2. The zero-order valence-corrected chi connectivity index (χ0v) is 19.5. The lowest BCUT2D eigenvalue weighted by Gasteiger charge is -2.06. The molecule has 6 heteroatoms. The van der Waals surface area contributed by atoms with Gasteiger partial charge in [0, 0.05) is 15.7 Å². The van der Waals surface area contributed by atoms with Crippen molar-refractivity contribution >= 4 is 45.6 Å². The van der Waals surface area contributed by atoms with Gasteiger partial charge in [-0.05, 0) is 94.8 Å². The second kappa shape index (κ2) is 9.86. The van der Waals surface area contributed by atoms with Crippen molar-refractivity contribution in [3.05, 3.63) is 105 Å². The van der Waals surface area contributed by atoms with E-state index in [9.17, 15) is 18.5 Å². The fourth-order valence-corrected chi connectivity index (χ4v) is 5.22. The molecule has 0 aliphatic heterocycles. The van der Waals surface area contributed by atoms with E-state index in [4.69, 9.17) is 11.6 Å². The third-order valence-electron chi connectivity index (χ3n) is 5.72. The van der Waals surface area contributed by atoms with Gasteiger partial charge in [-0.2, -0.15) is 0 Å². The van der Waals surface area contributed by atoms with E-state index < -0.39 is 22.6 Å². The molecular weight excluding hydrogens is 459 g/mol. The van der Waals surface area contributed by atoms with Crippen LogP contribution in [0.3, 0.4) is 0 Å². The van der Waals surface area contributed by atoms with Crippen LogP contribution in [-0.4, -0.2) is 21.0 Å². The zero-order valence-electron chi connectivity index (χ0n) is 18.0. The Hall–Kier alpha value is -3.02. The summed E-state index contributed by atoms with van der Waals surface area (Å²) in [5.41, 5.74) is 5.76. The molecular formula is C27H22ClFO3S. The van der Waals surface area contributed by atoms with Gasteiger partial charge < -0.3 is 5.11 Å². The molecule has 0 saturated heterocycles. The van der Waals surface area contributed by atoms with Crippen molar-refractivity contribution in [1.29, 1.82) is 0 Å². The van der Waals surface area contributed by atoms with E-state index in [0.717, 1.165) is 32.7 Å². The largest absolute Gasteiger partial charge is 0.481 e. The van der Waals surface area contributed by atoms with Gasteiger partial charge in [0.15, 0.2) is 0 Å². The molecule has 168 valence electrons. The molecule has 33 heavy (non-hydrogen) atoms. The lowest BCUT2D eigenvalue weighted by Crippen LogP contribution is -2.01. The van der Waals surface area contributed by atoms with Crippen LogP contribution in [0, 0.1) is 5.82 Å². The highest BCUT2D eigenvalue weighted by Crippen LogP contribution is 2.43. The number of carboxylic acids is 1. The molecule has 0 amide bonds. The van der Waals surface area contributed by atoms with Crippen LogP contribution >= 0.6 is 11.6 Å². The van der Waals surface area contributed by atoms with Crippen molar-refractivity contribution in [1.82, 2.24) is 0 Å². The Morgan fingerprint density at radius 2 is 1.73 bits per heavy atom. The van der Waals surface area contributed by atoms with E-state index in [-0.39, 0.29) is 6.42 Å². The maximum atomic E-state index is 13.8. The van der Waals surface area contributed by atoms with Crippen LogP contribution in [0.1, 0.15) is 35.6 Å². The van der Waals surface area contributed by atoms with E-state index in [1.165, 1.54) is 12.1 Å². The van der Waals surface area contributed by atoms with Crippen LogP contribution in [0.2, 0.25) is 5.02 Å². The fraction of sp³-hybridized carbons (Fsp3) is 0.148. The fourth-order valence-electron chi connectivity index (χ4n) is 3.99. The molecule has 0 saturated carbocycles. The van der Waals surface area contributed by atoms with Gasteiger partial charge in [0.2, 0.25) is 0 Å². The number of fused-ring (bicyclic) bond motifs is 1. The Bertz CT molecular complexity index is 1290. The molecule has 1 aliphatic carbocycles. The Balaban J connectivity index is 1.54. The summed E-state index contributed by atoms with van der Waals surface area (Å²) in [7, 11) is -1.13. The number of aliphatic carboxylic acids is 1. The molecule has 4 rings (SSSR count). The predicted octanol–water partition coefficient (Wildman–Crippen LogP) is 6.63. The minimum absolute atomic E-state index is 0.162. The number of allylic oxidation sites excluding steroid dienone is 2. The lowest BCUT2D eigenvalue weighted by atomic mass is 10.0. The monoisotopic (exact) mass is 480 g/mol. The van der Waals surface area contributed by atoms with Gasteiger partial charge in [-0.1, -0.05) is 41.9 Å². The van der Waals surface area contributed by atoms with Crippen LogP contribution < -0.4 is 0 Å². The van der Waals surface area contributed by atoms with Gasteiger partial charge in [0.05, 0.1) is 17.2 Å². The summed E-state index contributed by atoms with van der Waals surface area (Å²) in [4.78, 5) is 12.1. The summed E-state index contributed by atoms with van der Waals surface area (Å²) in [5.74, 6) is -0.830. The predicted molar refractivity (Wildman–Crippen MR) is 132 cm³/mol. The molecule has 0 aromatic heterocycles. The first-order chi connectivity index (χ1) is 15.8. The first-order valence-electron chi connectivity index (χ1n) is 10.5. The smallest absolute Gasteiger partial charge is 0.307 e. The summed E-state index contributed by atoms with van der Waals surface area (Å²) in [5, 5.41) is 9.97. The standard InChI is InChI=1S/C27H22ClFO3S/c1-17-24(23-11-8-21(29)15-26(23)25(17)16-27(30)31)14-19-4-9-22(10-5-19)33(32)13-12-18-2-6-20(28)7-3-18/h2-11,14-15H,12-13,16H2,1H3,(H,30,31)/b24-14-. The van der Waals surface area contributed by atoms with Gasteiger partial charge in [0.1, 0.15) is 5.82 Å². The molecule has 3 aromatic rings. The van der Waals surface area contributed by atoms with Crippen molar-refractivity contribution in [3.63, 3.8) is 0 Å². The van der Waals surface area contributed by atoms with Crippen LogP contribution in [-0.2, 0) is 22.0 Å². The maximum Gasteiger partial charge on any atom is 0.307 e. The quantitative estimate of drug-likeness (QED) is 0.413. The summed E-state index contributed by atoms with van der Waals surface area (Å²) >= 11 is 5.91. The molecule has 0 spiro atoms. The molecule has 3 nitrogen and oxygen atoms in total. The molecule has 1 N–H and O–H groups in total. The Labute approximate surface area is 199 Å². The second-order valence-corrected chi connectivity index (χ2v) is 9.92. The highest BCUT2D eigenvalue weighted by Gasteiger charge is 2.25. The minimum atomic E-state index is -1.13. The van der Waals surface area contributed by atoms with E-state index in [0.29, 0.717) is 28.3 Å². The number of carboxylic acid groups (broad SMARTS) is 1. The summed E-state index contributed by atoms with van der Waals surface area (Å²) < 4.78 is 26.5. The zero-order chi connectivity index (χ0) is 23.5. The normalized spacial score (nSPS) is 15.1. The Kier molecular flexibility index (Phi) is 6.91. The third kappa shape index (κ3) is 5.32. The Morgan fingerprint density at radius 1 is 1.03 bits per heavy atom. The van der Waals surface area contributed by atoms with Gasteiger partial charge in [0.25, 0.3) is 0 Å². The van der Waals surface area contributed by atoms with Crippen LogP contribution in [0.5, 0.6) is 0 Å². The van der Waals surface area contributed by atoms with Crippen molar-refractivity contribution in [2.45, 2.75) is 24.7 Å². The molecule has 0 bridgehead atoms. The highest BCUT2D eigenvalue weighted by molar-refractivity contribution is 7.85. The van der Waals surface area contributed by atoms with E-state index in [2.05, 4.69) is 0 Å². The SMILES string of the molecule is CC1=C(CC(=O)O)c2cc(F)ccc2/C1=C\c1ccc(S(=O)CCc2ccc(Cl)cc2)cc1. The lowest BCUT2D eigenvalue weighted by molar-refractivity contribution is -0.135. The number of rotatable bonds is 7. The maximum absolute atomic E-state index is 13.8. The van der Waals surface area contributed by atoms with E-state index in [1.807, 2.05) is 61.5 Å². The molecule has 1 aliphatic rings. The molecule has 0 heterocycles. The molecule has 0 fully saturated rings. The van der Waals surface area contributed by atoms with Gasteiger partial charge in [-0.15, -0.1) is 0 Å². The average Bonchev–Trinajstić information content (AvgIpc) is 3.03. The number of aryl methyl sites for hydroxylation is 1. The average molecular weight is 481 g/mol. The summed E-state index contributed by atoms with van der Waals surface area (Å²) in [6.45, 7) is 1.86. The molecule has 0 radical (unpaired) electrons. The van der Waals surface area contributed by atoms with Crippen LogP contribution in [0.4, 0.5) is 4.39 Å². The topological polar surface area (TPSA) is 54.4 Å².